The zero-order valence-corrected chi connectivity index (χ0v) is 10.6. The lowest BCUT2D eigenvalue weighted by atomic mass is 10.2. The molecular formula is C14H15NO4. The molecule has 0 saturated heterocycles. The van der Waals surface area contributed by atoms with E-state index in [1.807, 2.05) is 6.92 Å². The number of furan rings is 1. The van der Waals surface area contributed by atoms with Crippen LogP contribution >= 0.6 is 0 Å². The number of hydrogen-bond acceptors (Lipinski definition) is 4. The van der Waals surface area contributed by atoms with Crippen molar-refractivity contribution in [2.75, 3.05) is 18.5 Å². The smallest absolute Gasteiger partial charge is 0.291 e. The van der Waals surface area contributed by atoms with E-state index in [4.69, 9.17) is 14.3 Å². The normalized spacial score (nSPS) is 10.2. The van der Waals surface area contributed by atoms with Gasteiger partial charge in [0.15, 0.2) is 5.76 Å². The Hall–Kier alpha value is -2.27. The molecule has 0 bridgehead atoms. The first-order chi connectivity index (χ1) is 9.20. The van der Waals surface area contributed by atoms with Crippen LogP contribution in [0.15, 0.2) is 41.0 Å². The van der Waals surface area contributed by atoms with Crippen LogP contribution in [0.25, 0.3) is 0 Å². The maximum Gasteiger partial charge on any atom is 0.291 e. The maximum absolute atomic E-state index is 11.9. The van der Waals surface area contributed by atoms with Crippen molar-refractivity contribution in [3.05, 3.63) is 47.9 Å². The molecule has 0 aliphatic rings. The van der Waals surface area contributed by atoms with E-state index in [9.17, 15) is 4.79 Å². The van der Waals surface area contributed by atoms with Crippen molar-refractivity contribution < 1.29 is 19.1 Å². The third-order valence-electron chi connectivity index (χ3n) is 2.54. The van der Waals surface area contributed by atoms with Crippen LogP contribution in [0, 0.1) is 6.92 Å². The van der Waals surface area contributed by atoms with Gasteiger partial charge in [-0.15, -0.1) is 0 Å². The predicted molar refractivity (Wildman–Crippen MR) is 70.4 cm³/mol. The first-order valence-electron chi connectivity index (χ1n) is 5.90. The highest BCUT2D eigenvalue weighted by Crippen LogP contribution is 2.17. The largest absolute Gasteiger partial charge is 0.491 e. The molecule has 0 fully saturated rings. The molecule has 1 amide bonds. The van der Waals surface area contributed by atoms with Crippen LogP contribution in [0.5, 0.6) is 5.75 Å². The lowest BCUT2D eigenvalue weighted by molar-refractivity contribution is 0.0996. The fourth-order valence-corrected chi connectivity index (χ4v) is 1.59. The monoisotopic (exact) mass is 261 g/mol. The highest BCUT2D eigenvalue weighted by atomic mass is 16.5. The number of aliphatic hydroxyl groups is 1. The number of carbonyl (C=O) groups is 1. The molecule has 2 N–H and O–H groups in total. The minimum absolute atomic E-state index is 0.0315. The zero-order chi connectivity index (χ0) is 13.7. The second-order valence-corrected chi connectivity index (χ2v) is 3.98. The zero-order valence-electron chi connectivity index (χ0n) is 10.6. The van der Waals surface area contributed by atoms with E-state index < -0.39 is 0 Å². The number of ether oxygens (including phenoxy) is 1. The van der Waals surface area contributed by atoms with Crippen molar-refractivity contribution >= 4 is 11.6 Å². The van der Waals surface area contributed by atoms with Gasteiger partial charge in [0.2, 0.25) is 0 Å². The van der Waals surface area contributed by atoms with Gasteiger partial charge in [-0.05, 0) is 37.3 Å². The quantitative estimate of drug-likeness (QED) is 0.865. The highest BCUT2D eigenvalue weighted by Gasteiger charge is 2.12. The first kappa shape index (κ1) is 13.2. The number of amides is 1. The van der Waals surface area contributed by atoms with Crippen LogP contribution in [-0.4, -0.2) is 24.2 Å². The van der Waals surface area contributed by atoms with Gasteiger partial charge in [0.25, 0.3) is 5.91 Å². The summed E-state index contributed by atoms with van der Waals surface area (Å²) >= 11 is 0. The summed E-state index contributed by atoms with van der Waals surface area (Å²) in [5.41, 5.74) is 1.44. The van der Waals surface area contributed by atoms with E-state index in [2.05, 4.69) is 5.32 Å². The lowest BCUT2D eigenvalue weighted by Gasteiger charge is -2.06. The Labute approximate surface area is 110 Å². The van der Waals surface area contributed by atoms with E-state index in [0.717, 1.165) is 5.56 Å². The Kier molecular flexibility index (Phi) is 4.20. The van der Waals surface area contributed by atoms with Gasteiger partial charge < -0.3 is 19.6 Å². The van der Waals surface area contributed by atoms with Gasteiger partial charge >= 0.3 is 0 Å². The van der Waals surface area contributed by atoms with Crippen molar-refractivity contribution in [3.8, 4) is 5.75 Å². The van der Waals surface area contributed by atoms with Crippen LogP contribution in [0.3, 0.4) is 0 Å². The number of aliphatic hydroxyl groups excluding tert-OH is 1. The molecule has 0 spiro atoms. The third kappa shape index (κ3) is 3.35. The fraction of sp³-hybridized carbons (Fsp3) is 0.214. The number of aryl methyl sites for hydroxylation is 1. The molecule has 19 heavy (non-hydrogen) atoms. The topological polar surface area (TPSA) is 71.7 Å². The summed E-state index contributed by atoms with van der Waals surface area (Å²) in [6, 6.07) is 8.63. The fourth-order valence-electron chi connectivity index (χ4n) is 1.59. The molecule has 5 heteroatoms. The molecule has 0 aliphatic carbocycles. The Morgan fingerprint density at radius 1 is 1.32 bits per heavy atom. The molecule has 5 nitrogen and oxygen atoms in total. The van der Waals surface area contributed by atoms with Crippen LogP contribution in [0.4, 0.5) is 5.69 Å². The highest BCUT2D eigenvalue weighted by molar-refractivity contribution is 6.03. The standard InChI is InChI=1S/C14H15NO4/c1-10-6-8-19-13(10)14(17)15-11-2-4-12(5-3-11)18-9-7-16/h2-6,8,16H,7,9H2,1H3,(H,15,17). The third-order valence-corrected chi connectivity index (χ3v) is 2.54. The first-order valence-corrected chi connectivity index (χ1v) is 5.90. The van der Waals surface area contributed by atoms with Crippen molar-refractivity contribution in [2.45, 2.75) is 6.92 Å². The SMILES string of the molecule is Cc1ccoc1C(=O)Nc1ccc(OCCO)cc1. The second kappa shape index (κ2) is 6.06. The molecular weight excluding hydrogens is 246 g/mol. The molecule has 0 aliphatic heterocycles. The minimum atomic E-state index is -0.286. The predicted octanol–water partition coefficient (Wildman–Crippen LogP) is 2.21. The van der Waals surface area contributed by atoms with Crippen molar-refractivity contribution in [3.63, 3.8) is 0 Å². The van der Waals surface area contributed by atoms with Crippen LogP contribution in [0.2, 0.25) is 0 Å². The number of rotatable bonds is 5. The second-order valence-electron chi connectivity index (χ2n) is 3.98. The molecule has 0 atom stereocenters. The molecule has 2 aromatic rings. The van der Waals surface area contributed by atoms with Gasteiger partial charge in [-0.1, -0.05) is 0 Å². The molecule has 1 aromatic carbocycles. The lowest BCUT2D eigenvalue weighted by Crippen LogP contribution is -2.12. The number of nitrogens with one attached hydrogen (secondary N) is 1. The van der Waals surface area contributed by atoms with Crippen molar-refractivity contribution in [1.29, 1.82) is 0 Å². The summed E-state index contributed by atoms with van der Waals surface area (Å²) in [6.07, 6.45) is 1.48. The molecule has 0 radical (unpaired) electrons. The average molecular weight is 261 g/mol. The average Bonchev–Trinajstić information content (AvgIpc) is 2.84. The number of carbonyl (C=O) groups excluding carboxylic acids is 1. The Morgan fingerprint density at radius 2 is 2.05 bits per heavy atom. The van der Waals surface area contributed by atoms with E-state index in [0.29, 0.717) is 17.2 Å². The van der Waals surface area contributed by atoms with E-state index in [-0.39, 0.29) is 19.1 Å². The molecule has 0 unspecified atom stereocenters. The summed E-state index contributed by atoms with van der Waals surface area (Å²) in [4.78, 5) is 11.9. The van der Waals surface area contributed by atoms with Crippen molar-refractivity contribution in [2.24, 2.45) is 0 Å². The van der Waals surface area contributed by atoms with Gasteiger partial charge in [0.05, 0.1) is 12.9 Å². The molecule has 0 saturated carbocycles. The molecule has 1 heterocycles. The molecule has 1 aromatic heterocycles. The number of benzene rings is 1. The molecule has 2 rings (SSSR count). The summed E-state index contributed by atoms with van der Waals surface area (Å²) in [5.74, 6) is 0.661. The minimum Gasteiger partial charge on any atom is -0.491 e. The van der Waals surface area contributed by atoms with E-state index >= 15 is 0 Å². The van der Waals surface area contributed by atoms with Crippen LogP contribution in [0.1, 0.15) is 16.1 Å². The van der Waals surface area contributed by atoms with E-state index in [1.54, 1.807) is 30.3 Å². The Morgan fingerprint density at radius 3 is 2.63 bits per heavy atom. The van der Waals surface area contributed by atoms with Crippen molar-refractivity contribution in [1.82, 2.24) is 0 Å². The van der Waals surface area contributed by atoms with Gasteiger partial charge in [-0.2, -0.15) is 0 Å². The Balaban J connectivity index is 2.00. The van der Waals surface area contributed by atoms with Gasteiger partial charge in [0.1, 0.15) is 12.4 Å². The maximum atomic E-state index is 11.9. The Bertz CT molecular complexity index is 545. The number of hydrogen-bond donors (Lipinski definition) is 2. The van der Waals surface area contributed by atoms with E-state index in [1.165, 1.54) is 6.26 Å². The van der Waals surface area contributed by atoms with Gasteiger partial charge in [-0.25, -0.2) is 0 Å². The summed E-state index contributed by atoms with van der Waals surface area (Å²) in [5, 5.41) is 11.4. The van der Waals surface area contributed by atoms with Gasteiger partial charge in [0, 0.05) is 11.3 Å². The molecule has 100 valence electrons. The summed E-state index contributed by atoms with van der Waals surface area (Å²) in [7, 11) is 0. The van der Waals surface area contributed by atoms with Gasteiger partial charge in [-0.3, -0.25) is 4.79 Å². The van der Waals surface area contributed by atoms with Crippen LogP contribution in [-0.2, 0) is 0 Å². The summed E-state index contributed by atoms with van der Waals surface area (Å²) in [6.45, 7) is 2.03. The van der Waals surface area contributed by atoms with Crippen LogP contribution < -0.4 is 10.1 Å². The summed E-state index contributed by atoms with van der Waals surface area (Å²) < 4.78 is 10.3. The number of anilines is 1.